The van der Waals surface area contributed by atoms with E-state index in [-0.39, 0.29) is 15.7 Å². The molecule has 0 aliphatic rings. The van der Waals surface area contributed by atoms with Gasteiger partial charge in [-0.3, -0.25) is 14.4 Å². The van der Waals surface area contributed by atoms with Crippen molar-refractivity contribution in [2.24, 2.45) is 5.92 Å². The van der Waals surface area contributed by atoms with E-state index in [1.165, 1.54) is 53.4 Å². The van der Waals surface area contributed by atoms with Gasteiger partial charge < -0.3 is 0 Å². The van der Waals surface area contributed by atoms with Crippen LogP contribution in [-0.2, 0) is 14.8 Å². The third-order valence-electron chi connectivity index (χ3n) is 3.93. The minimum atomic E-state index is -4.18. The summed E-state index contributed by atoms with van der Waals surface area (Å²) in [4.78, 5) is 12.6. The van der Waals surface area contributed by atoms with Crippen LogP contribution in [0.1, 0.15) is 13.8 Å². The Balaban J connectivity index is 1.83. The number of carbonyl (C=O) groups is 1. The average molecular weight is 481 g/mol. The van der Waals surface area contributed by atoms with Gasteiger partial charge in [0.25, 0.3) is 10.0 Å². The number of aromatic nitrogens is 2. The van der Waals surface area contributed by atoms with Gasteiger partial charge >= 0.3 is 0 Å². The molecule has 3 aromatic rings. The zero-order valence-electron chi connectivity index (χ0n) is 16.9. The van der Waals surface area contributed by atoms with Gasteiger partial charge in [0.15, 0.2) is 4.34 Å². The third-order valence-corrected chi connectivity index (χ3v) is 8.11. The van der Waals surface area contributed by atoms with E-state index >= 15 is 0 Å². The maximum atomic E-state index is 14.5. The molecule has 1 aromatic heterocycles. The first-order chi connectivity index (χ1) is 14.8. The van der Waals surface area contributed by atoms with Gasteiger partial charge in [-0.25, -0.2) is 12.8 Å². The Labute approximate surface area is 188 Å². The standard InChI is InChI=1S/C20H21FN4O3S3/c1-14(2)13-29-20-24-23-19(30-20)22-18(26)12-25(17-11-7-6-10-16(17)21)31(27,28)15-8-4-3-5-9-15/h3-11,14H,12-13H2,1-2H3,(H,22,23,26). The smallest absolute Gasteiger partial charge is 0.264 e. The predicted molar refractivity (Wildman–Crippen MR) is 121 cm³/mol. The normalized spacial score (nSPS) is 11.5. The predicted octanol–water partition coefficient (Wildman–Crippen LogP) is 4.26. The van der Waals surface area contributed by atoms with Gasteiger partial charge in [0.2, 0.25) is 11.0 Å². The highest BCUT2D eigenvalue weighted by Crippen LogP contribution is 2.28. The van der Waals surface area contributed by atoms with Crippen molar-refractivity contribution in [1.82, 2.24) is 10.2 Å². The van der Waals surface area contributed by atoms with E-state index in [9.17, 15) is 17.6 Å². The Hall–Kier alpha value is -2.50. The molecule has 1 N–H and O–H groups in total. The number of anilines is 2. The number of hydrogen-bond acceptors (Lipinski definition) is 7. The summed E-state index contributed by atoms with van der Waals surface area (Å²) in [6, 6.07) is 13.0. The highest BCUT2D eigenvalue weighted by atomic mass is 32.2. The molecule has 164 valence electrons. The molecule has 0 fully saturated rings. The molecule has 0 saturated carbocycles. The van der Waals surface area contributed by atoms with Crippen molar-refractivity contribution < 1.29 is 17.6 Å². The van der Waals surface area contributed by atoms with E-state index in [0.29, 0.717) is 10.3 Å². The third kappa shape index (κ3) is 6.02. The molecule has 3 rings (SSSR count). The molecule has 0 aliphatic heterocycles. The van der Waals surface area contributed by atoms with Crippen LogP contribution in [0.3, 0.4) is 0 Å². The quantitative estimate of drug-likeness (QED) is 0.363. The van der Waals surface area contributed by atoms with Gasteiger partial charge in [0.1, 0.15) is 12.4 Å². The molecule has 1 heterocycles. The van der Waals surface area contributed by atoms with E-state index in [4.69, 9.17) is 0 Å². The summed E-state index contributed by atoms with van der Waals surface area (Å²) >= 11 is 2.73. The second-order valence-corrected chi connectivity index (χ2v) is 11.0. The molecule has 2 aromatic carbocycles. The summed E-state index contributed by atoms with van der Waals surface area (Å²) in [6.07, 6.45) is 0. The van der Waals surface area contributed by atoms with Crippen LogP contribution in [0.5, 0.6) is 0 Å². The Bertz CT molecular complexity index is 1140. The number of nitrogens with zero attached hydrogens (tertiary/aromatic N) is 3. The zero-order valence-corrected chi connectivity index (χ0v) is 19.3. The van der Waals surface area contributed by atoms with Crippen molar-refractivity contribution in [2.45, 2.75) is 23.1 Å². The lowest BCUT2D eigenvalue weighted by atomic mass is 10.3. The first-order valence-corrected chi connectivity index (χ1v) is 12.6. The maximum absolute atomic E-state index is 14.5. The molecule has 0 aliphatic carbocycles. The number of hydrogen-bond donors (Lipinski definition) is 1. The van der Waals surface area contributed by atoms with E-state index in [1.807, 2.05) is 0 Å². The molecule has 0 radical (unpaired) electrons. The molecule has 0 unspecified atom stereocenters. The average Bonchev–Trinajstić information content (AvgIpc) is 3.19. The van der Waals surface area contributed by atoms with Crippen LogP contribution < -0.4 is 9.62 Å². The Kier molecular flexibility index (Phi) is 7.63. The lowest BCUT2D eigenvalue weighted by Crippen LogP contribution is -2.38. The summed E-state index contributed by atoms with van der Waals surface area (Å²) in [6.45, 7) is 3.55. The van der Waals surface area contributed by atoms with Crippen molar-refractivity contribution in [3.63, 3.8) is 0 Å². The molecule has 11 heteroatoms. The van der Waals surface area contributed by atoms with Gasteiger partial charge in [-0.15, -0.1) is 10.2 Å². The number of benzene rings is 2. The van der Waals surface area contributed by atoms with Crippen molar-refractivity contribution in [1.29, 1.82) is 0 Å². The topological polar surface area (TPSA) is 92.3 Å². The molecule has 0 saturated heterocycles. The van der Waals surface area contributed by atoms with Crippen molar-refractivity contribution >= 4 is 49.8 Å². The van der Waals surface area contributed by atoms with Gasteiger partial charge in [0, 0.05) is 5.75 Å². The number of amides is 1. The number of para-hydroxylation sites is 1. The fraction of sp³-hybridized carbons (Fsp3) is 0.250. The van der Waals surface area contributed by atoms with Crippen LogP contribution in [0.2, 0.25) is 0 Å². The largest absolute Gasteiger partial charge is 0.299 e. The van der Waals surface area contributed by atoms with Crippen LogP contribution >= 0.6 is 23.1 Å². The summed E-state index contributed by atoms with van der Waals surface area (Å²) in [5, 5.41) is 10.7. The lowest BCUT2D eigenvalue weighted by molar-refractivity contribution is -0.114. The van der Waals surface area contributed by atoms with E-state index < -0.39 is 28.3 Å². The second-order valence-electron chi connectivity index (χ2n) is 6.90. The highest BCUT2D eigenvalue weighted by Gasteiger charge is 2.29. The Morgan fingerprint density at radius 3 is 2.48 bits per heavy atom. The van der Waals surface area contributed by atoms with Crippen LogP contribution in [-0.4, -0.2) is 36.8 Å². The van der Waals surface area contributed by atoms with Gasteiger partial charge in [-0.1, -0.05) is 67.3 Å². The molecule has 7 nitrogen and oxygen atoms in total. The number of rotatable bonds is 9. The summed E-state index contributed by atoms with van der Waals surface area (Å²) in [7, 11) is -4.18. The molecular weight excluding hydrogens is 459 g/mol. The molecule has 0 atom stereocenters. The fourth-order valence-electron chi connectivity index (χ4n) is 2.52. The molecule has 0 bridgehead atoms. The minimum Gasteiger partial charge on any atom is -0.299 e. The van der Waals surface area contributed by atoms with Crippen LogP contribution in [0.25, 0.3) is 0 Å². The zero-order chi connectivity index (χ0) is 22.4. The van der Waals surface area contributed by atoms with Gasteiger partial charge in [0.05, 0.1) is 10.6 Å². The van der Waals surface area contributed by atoms with E-state index in [2.05, 4.69) is 29.4 Å². The highest BCUT2D eigenvalue weighted by molar-refractivity contribution is 8.01. The minimum absolute atomic E-state index is 0.0469. The lowest BCUT2D eigenvalue weighted by Gasteiger charge is -2.24. The van der Waals surface area contributed by atoms with Gasteiger partial charge in [-0.05, 0) is 30.2 Å². The van der Waals surface area contributed by atoms with Crippen LogP contribution in [0, 0.1) is 11.7 Å². The molecule has 31 heavy (non-hydrogen) atoms. The molecule has 1 amide bonds. The summed E-state index contributed by atoms with van der Waals surface area (Å²) < 4.78 is 42.3. The number of thioether (sulfide) groups is 1. The van der Waals surface area contributed by atoms with Crippen molar-refractivity contribution in [3.8, 4) is 0 Å². The van der Waals surface area contributed by atoms with Crippen molar-refractivity contribution in [3.05, 3.63) is 60.4 Å². The van der Waals surface area contributed by atoms with E-state index in [1.54, 1.807) is 18.2 Å². The fourth-order valence-corrected chi connectivity index (χ4v) is 5.71. The number of nitrogens with one attached hydrogen (secondary N) is 1. The second kappa shape index (κ2) is 10.2. The first kappa shape index (κ1) is 23.2. The Morgan fingerprint density at radius 1 is 1.13 bits per heavy atom. The number of halogens is 1. The summed E-state index contributed by atoms with van der Waals surface area (Å²) in [5.74, 6) is -0.0687. The Morgan fingerprint density at radius 2 is 1.81 bits per heavy atom. The molecule has 0 spiro atoms. The SMILES string of the molecule is CC(C)CSc1nnc(NC(=O)CN(c2ccccc2F)S(=O)(=O)c2ccccc2)s1. The first-order valence-electron chi connectivity index (χ1n) is 9.36. The van der Waals surface area contributed by atoms with Gasteiger partial charge in [-0.2, -0.15) is 0 Å². The summed E-state index contributed by atoms with van der Waals surface area (Å²) in [5.41, 5.74) is -0.216. The maximum Gasteiger partial charge on any atom is 0.264 e. The monoisotopic (exact) mass is 480 g/mol. The number of sulfonamides is 1. The van der Waals surface area contributed by atoms with E-state index in [0.717, 1.165) is 16.1 Å². The van der Waals surface area contributed by atoms with Crippen LogP contribution in [0.15, 0.2) is 63.8 Å². The molecular formula is C20H21FN4O3S3. The van der Waals surface area contributed by atoms with Crippen molar-refractivity contribution in [2.75, 3.05) is 21.9 Å². The van der Waals surface area contributed by atoms with Crippen LogP contribution in [0.4, 0.5) is 15.2 Å². The number of carbonyl (C=O) groups excluding carboxylic acids is 1.